The highest BCUT2D eigenvalue weighted by Gasteiger charge is 2.25. The van der Waals surface area contributed by atoms with Crippen molar-refractivity contribution in [2.24, 2.45) is 0 Å². The van der Waals surface area contributed by atoms with Crippen molar-refractivity contribution in [3.63, 3.8) is 0 Å². The van der Waals surface area contributed by atoms with Gasteiger partial charge in [0.25, 0.3) is 0 Å². The number of hydrogen-bond donors (Lipinski definition) is 0. The molecular formula is C31H30N4O4S. The van der Waals surface area contributed by atoms with E-state index in [1.54, 1.807) is 0 Å². The van der Waals surface area contributed by atoms with Crippen LogP contribution >= 0.6 is 11.8 Å². The zero-order valence-electron chi connectivity index (χ0n) is 22.6. The van der Waals surface area contributed by atoms with Crippen LogP contribution in [0.5, 0.6) is 11.5 Å². The molecule has 40 heavy (non-hydrogen) atoms. The molecule has 204 valence electrons. The molecule has 0 fully saturated rings. The van der Waals surface area contributed by atoms with Crippen molar-refractivity contribution < 1.29 is 14.4 Å². The van der Waals surface area contributed by atoms with Gasteiger partial charge in [-0.3, -0.25) is 14.7 Å². The zero-order valence-corrected chi connectivity index (χ0v) is 23.4. The zero-order chi connectivity index (χ0) is 28.1. The summed E-state index contributed by atoms with van der Waals surface area (Å²) in [6, 6.07) is 27.9. The molecule has 5 rings (SSSR count). The van der Waals surface area contributed by atoms with E-state index in [-0.39, 0.29) is 11.5 Å². The lowest BCUT2D eigenvalue weighted by atomic mass is 10.1. The SMILES string of the molecule is CCOc1cc([C@H](C[N+](=O)[O-])Sc2nnc(C)n2-c2cccc(C)c2)ccc1OCc1cccc2ccccc12. The van der Waals surface area contributed by atoms with Crippen molar-refractivity contribution in [1.82, 2.24) is 14.8 Å². The lowest BCUT2D eigenvalue weighted by Crippen LogP contribution is -2.12. The van der Waals surface area contributed by atoms with Gasteiger partial charge in [0, 0.05) is 10.6 Å². The number of fused-ring (bicyclic) bond motifs is 1. The Hall–Kier alpha value is -4.37. The molecule has 0 aliphatic rings. The van der Waals surface area contributed by atoms with Crippen LogP contribution in [0.3, 0.4) is 0 Å². The number of rotatable bonds is 11. The average Bonchev–Trinajstić information content (AvgIpc) is 3.31. The fourth-order valence-corrected chi connectivity index (χ4v) is 5.81. The summed E-state index contributed by atoms with van der Waals surface area (Å²) in [6.07, 6.45) is 0. The van der Waals surface area contributed by atoms with E-state index in [0.29, 0.717) is 35.7 Å². The van der Waals surface area contributed by atoms with E-state index < -0.39 is 5.25 Å². The minimum Gasteiger partial charge on any atom is -0.490 e. The average molecular weight is 555 g/mol. The summed E-state index contributed by atoms with van der Waals surface area (Å²) in [5.74, 6) is 1.84. The predicted octanol–water partition coefficient (Wildman–Crippen LogP) is 7.13. The number of aryl methyl sites for hydroxylation is 2. The summed E-state index contributed by atoms with van der Waals surface area (Å²) in [5.41, 5.74) is 3.83. The highest BCUT2D eigenvalue weighted by atomic mass is 32.2. The molecule has 0 aliphatic carbocycles. The number of aromatic nitrogens is 3. The van der Waals surface area contributed by atoms with Crippen LogP contribution in [-0.4, -0.2) is 32.8 Å². The molecule has 0 unspecified atom stereocenters. The van der Waals surface area contributed by atoms with E-state index in [4.69, 9.17) is 9.47 Å². The van der Waals surface area contributed by atoms with Crippen LogP contribution in [-0.2, 0) is 6.61 Å². The molecule has 0 spiro atoms. The van der Waals surface area contributed by atoms with Crippen LogP contribution in [0, 0.1) is 24.0 Å². The molecule has 1 atom stereocenters. The maximum absolute atomic E-state index is 11.7. The molecule has 4 aromatic carbocycles. The van der Waals surface area contributed by atoms with Crippen molar-refractivity contribution in [3.05, 3.63) is 118 Å². The second-order valence-electron chi connectivity index (χ2n) is 9.39. The summed E-state index contributed by atoms with van der Waals surface area (Å²) in [7, 11) is 0. The van der Waals surface area contributed by atoms with Gasteiger partial charge in [-0.1, -0.05) is 72.4 Å². The topological polar surface area (TPSA) is 92.3 Å². The van der Waals surface area contributed by atoms with Crippen LogP contribution in [0.15, 0.2) is 90.1 Å². The van der Waals surface area contributed by atoms with Crippen LogP contribution in [0.1, 0.15) is 34.7 Å². The van der Waals surface area contributed by atoms with E-state index in [0.717, 1.165) is 33.2 Å². The van der Waals surface area contributed by atoms with Gasteiger partial charge < -0.3 is 9.47 Å². The van der Waals surface area contributed by atoms with Gasteiger partial charge in [0.2, 0.25) is 6.54 Å². The monoisotopic (exact) mass is 554 g/mol. The normalized spacial score (nSPS) is 11.9. The maximum Gasteiger partial charge on any atom is 0.220 e. The Bertz CT molecular complexity index is 1650. The second-order valence-corrected chi connectivity index (χ2v) is 10.6. The van der Waals surface area contributed by atoms with Crippen LogP contribution in [0.4, 0.5) is 0 Å². The van der Waals surface area contributed by atoms with Crippen LogP contribution in [0.25, 0.3) is 16.5 Å². The molecule has 1 aromatic heterocycles. The molecular weight excluding hydrogens is 524 g/mol. The summed E-state index contributed by atoms with van der Waals surface area (Å²) < 4.78 is 14.1. The Morgan fingerprint density at radius 3 is 2.52 bits per heavy atom. The van der Waals surface area contributed by atoms with E-state index in [2.05, 4.69) is 28.4 Å². The summed E-state index contributed by atoms with van der Waals surface area (Å²) in [5, 5.41) is 22.7. The summed E-state index contributed by atoms with van der Waals surface area (Å²) >= 11 is 1.31. The van der Waals surface area contributed by atoms with Crippen molar-refractivity contribution in [2.45, 2.75) is 37.8 Å². The minimum atomic E-state index is -0.520. The van der Waals surface area contributed by atoms with Crippen molar-refractivity contribution in [1.29, 1.82) is 0 Å². The molecule has 1 heterocycles. The first-order valence-electron chi connectivity index (χ1n) is 13.1. The van der Waals surface area contributed by atoms with Gasteiger partial charge in [-0.2, -0.15) is 0 Å². The molecule has 8 nitrogen and oxygen atoms in total. The van der Waals surface area contributed by atoms with Gasteiger partial charge in [-0.25, -0.2) is 0 Å². The van der Waals surface area contributed by atoms with Crippen LogP contribution < -0.4 is 9.47 Å². The smallest absolute Gasteiger partial charge is 0.220 e. The van der Waals surface area contributed by atoms with E-state index in [1.165, 1.54) is 11.8 Å². The van der Waals surface area contributed by atoms with Gasteiger partial charge in [0.15, 0.2) is 16.7 Å². The molecule has 5 aromatic rings. The Morgan fingerprint density at radius 1 is 0.925 bits per heavy atom. The third-order valence-corrected chi connectivity index (χ3v) is 7.70. The molecule has 0 saturated carbocycles. The van der Waals surface area contributed by atoms with Gasteiger partial charge in [0.05, 0.1) is 6.61 Å². The Kier molecular flexibility index (Phi) is 8.31. The third-order valence-electron chi connectivity index (χ3n) is 6.52. The first kappa shape index (κ1) is 27.2. The minimum absolute atomic E-state index is 0.286. The highest BCUT2D eigenvalue weighted by molar-refractivity contribution is 7.99. The van der Waals surface area contributed by atoms with Crippen molar-refractivity contribution in [3.8, 4) is 17.2 Å². The molecule has 0 N–H and O–H groups in total. The molecule has 0 saturated heterocycles. The summed E-state index contributed by atoms with van der Waals surface area (Å²) in [4.78, 5) is 11.4. The Labute approximate surface area is 237 Å². The molecule has 0 radical (unpaired) electrons. The number of nitro groups is 1. The van der Waals surface area contributed by atoms with E-state index >= 15 is 0 Å². The standard InChI is InChI=1S/C31H30N4O4S/c1-4-38-29-18-24(15-16-28(29)39-20-25-12-8-11-23-10-5-6-14-27(23)25)30(19-34(36)37)40-31-33-32-22(3)35(31)26-13-7-9-21(2)17-26/h5-18,30H,4,19-20H2,1-3H3/t30-/m0/s1. The quantitative estimate of drug-likeness (QED) is 0.0974. The molecule has 0 amide bonds. The highest BCUT2D eigenvalue weighted by Crippen LogP contribution is 2.40. The third kappa shape index (κ3) is 6.10. The number of ether oxygens (including phenoxy) is 2. The van der Waals surface area contributed by atoms with Gasteiger partial charge >= 0.3 is 0 Å². The van der Waals surface area contributed by atoms with E-state index in [1.807, 2.05) is 92.1 Å². The number of hydrogen-bond acceptors (Lipinski definition) is 7. The fourth-order valence-electron chi connectivity index (χ4n) is 4.64. The van der Waals surface area contributed by atoms with Crippen molar-refractivity contribution >= 4 is 22.5 Å². The number of benzene rings is 4. The molecule has 0 aliphatic heterocycles. The number of thioether (sulfide) groups is 1. The van der Waals surface area contributed by atoms with Gasteiger partial charge in [0.1, 0.15) is 17.7 Å². The van der Waals surface area contributed by atoms with Crippen molar-refractivity contribution in [2.75, 3.05) is 13.2 Å². The Balaban J connectivity index is 1.43. The van der Waals surface area contributed by atoms with E-state index in [9.17, 15) is 10.1 Å². The lowest BCUT2D eigenvalue weighted by Gasteiger charge is -2.18. The number of nitrogens with zero attached hydrogens (tertiary/aromatic N) is 4. The lowest BCUT2D eigenvalue weighted by molar-refractivity contribution is -0.479. The first-order chi connectivity index (χ1) is 19.4. The van der Waals surface area contributed by atoms with Gasteiger partial charge in [-0.15, -0.1) is 10.2 Å². The summed E-state index contributed by atoms with van der Waals surface area (Å²) in [6.45, 7) is 6.31. The largest absolute Gasteiger partial charge is 0.490 e. The maximum atomic E-state index is 11.7. The fraction of sp³-hybridized carbons (Fsp3) is 0.226. The predicted molar refractivity (Wildman–Crippen MR) is 157 cm³/mol. The Morgan fingerprint density at radius 2 is 1.73 bits per heavy atom. The first-order valence-corrected chi connectivity index (χ1v) is 13.9. The molecule has 9 heteroatoms. The molecule has 0 bridgehead atoms. The second kappa shape index (κ2) is 12.2. The van der Waals surface area contributed by atoms with Gasteiger partial charge in [-0.05, 0) is 72.5 Å². The van der Waals surface area contributed by atoms with Crippen LogP contribution in [0.2, 0.25) is 0 Å².